The molecule has 0 saturated carbocycles. The van der Waals surface area contributed by atoms with Crippen LogP contribution in [0.25, 0.3) is 10.6 Å². The van der Waals surface area contributed by atoms with Crippen LogP contribution >= 0.6 is 11.3 Å². The Balaban J connectivity index is 2.33. The van der Waals surface area contributed by atoms with Gasteiger partial charge in [-0.05, 0) is 13.8 Å². The molecule has 0 aliphatic heterocycles. The number of hydrogen-bond acceptors (Lipinski definition) is 3. The Labute approximate surface area is 93.8 Å². The molecule has 78 valence electrons. The maximum Gasteiger partial charge on any atom is 0.123 e. The lowest BCUT2D eigenvalue weighted by molar-refractivity contribution is 0.790. The predicted octanol–water partition coefficient (Wildman–Crippen LogP) is 3.14. The zero-order valence-corrected chi connectivity index (χ0v) is 9.71. The normalized spacial score (nSPS) is 12.7. The lowest BCUT2D eigenvalue weighted by Crippen LogP contribution is -2.04. The highest BCUT2D eigenvalue weighted by Crippen LogP contribution is 2.25. The van der Waals surface area contributed by atoms with Crippen LogP contribution in [0.1, 0.15) is 24.2 Å². The molecule has 0 aliphatic carbocycles. The predicted molar refractivity (Wildman–Crippen MR) is 64.9 cm³/mol. The number of benzene rings is 1. The van der Waals surface area contributed by atoms with Crippen molar-refractivity contribution in [3.8, 4) is 10.6 Å². The Hall–Kier alpha value is -1.19. The summed E-state index contributed by atoms with van der Waals surface area (Å²) in [7, 11) is 0. The van der Waals surface area contributed by atoms with Crippen LogP contribution in [0.5, 0.6) is 0 Å². The minimum Gasteiger partial charge on any atom is -0.323 e. The molecule has 0 fully saturated rings. The fourth-order valence-electron chi connectivity index (χ4n) is 1.32. The molecule has 3 heteroatoms. The number of hydrogen-bond donors (Lipinski definition) is 1. The van der Waals surface area contributed by atoms with Gasteiger partial charge in [-0.25, -0.2) is 4.98 Å². The van der Waals surface area contributed by atoms with Crippen molar-refractivity contribution in [2.24, 2.45) is 5.73 Å². The minimum absolute atomic E-state index is 0.0143. The number of nitrogens with zero attached hydrogens (tertiary/aromatic N) is 1. The van der Waals surface area contributed by atoms with Crippen LogP contribution in [0.3, 0.4) is 0 Å². The zero-order chi connectivity index (χ0) is 10.8. The molecule has 2 nitrogen and oxygen atoms in total. The number of aromatic nitrogens is 1. The fourth-order valence-corrected chi connectivity index (χ4v) is 2.25. The Morgan fingerprint density at radius 3 is 2.47 bits per heavy atom. The zero-order valence-electron chi connectivity index (χ0n) is 8.90. The third kappa shape index (κ3) is 2.25. The maximum absolute atomic E-state index is 5.77. The molecule has 0 aliphatic rings. The van der Waals surface area contributed by atoms with Crippen molar-refractivity contribution in [1.29, 1.82) is 0 Å². The van der Waals surface area contributed by atoms with Gasteiger partial charge in [0, 0.05) is 17.0 Å². The van der Waals surface area contributed by atoms with E-state index >= 15 is 0 Å². The first-order valence-corrected chi connectivity index (χ1v) is 5.83. The van der Waals surface area contributed by atoms with Gasteiger partial charge < -0.3 is 5.73 Å². The van der Waals surface area contributed by atoms with Crippen LogP contribution in [0.4, 0.5) is 0 Å². The Morgan fingerprint density at radius 2 is 1.93 bits per heavy atom. The summed E-state index contributed by atoms with van der Waals surface area (Å²) in [5.74, 6) is 0. The molecular weight excluding hydrogens is 204 g/mol. The second-order valence-corrected chi connectivity index (χ2v) is 4.59. The topological polar surface area (TPSA) is 38.9 Å². The molecule has 0 saturated heterocycles. The largest absolute Gasteiger partial charge is 0.323 e. The van der Waals surface area contributed by atoms with E-state index < -0.39 is 0 Å². The summed E-state index contributed by atoms with van der Waals surface area (Å²) < 4.78 is 0. The number of thiazole rings is 1. The van der Waals surface area contributed by atoms with Crippen molar-refractivity contribution in [2.45, 2.75) is 19.9 Å². The lowest BCUT2D eigenvalue weighted by atomic mass is 10.2. The van der Waals surface area contributed by atoms with Crippen LogP contribution in [0.15, 0.2) is 29.6 Å². The standard InChI is InChI=1S/C12H14N2S/c1-8-3-5-10(6-4-8)12-14-11(7-15-12)9(2)13/h3-7,9H,13H2,1-2H3. The van der Waals surface area contributed by atoms with Gasteiger partial charge in [-0.2, -0.15) is 0 Å². The van der Waals surface area contributed by atoms with Crippen LogP contribution in [0, 0.1) is 6.92 Å². The number of aryl methyl sites for hydroxylation is 1. The van der Waals surface area contributed by atoms with Crippen LogP contribution in [-0.4, -0.2) is 4.98 Å². The number of nitrogens with two attached hydrogens (primary N) is 1. The Kier molecular flexibility index (Phi) is 2.84. The van der Waals surface area contributed by atoms with Gasteiger partial charge in [0.05, 0.1) is 5.69 Å². The van der Waals surface area contributed by atoms with E-state index in [1.165, 1.54) is 5.56 Å². The highest BCUT2D eigenvalue weighted by Gasteiger charge is 2.06. The van der Waals surface area contributed by atoms with E-state index in [0.717, 1.165) is 16.3 Å². The maximum atomic E-state index is 5.77. The van der Waals surface area contributed by atoms with Crippen LogP contribution in [-0.2, 0) is 0 Å². The number of rotatable bonds is 2. The van der Waals surface area contributed by atoms with Gasteiger partial charge in [0.1, 0.15) is 5.01 Å². The molecule has 15 heavy (non-hydrogen) atoms. The summed E-state index contributed by atoms with van der Waals surface area (Å²) in [5, 5.41) is 3.07. The van der Waals surface area contributed by atoms with Crippen molar-refractivity contribution in [1.82, 2.24) is 4.98 Å². The molecule has 0 spiro atoms. The van der Waals surface area contributed by atoms with Crippen molar-refractivity contribution < 1.29 is 0 Å². The second kappa shape index (κ2) is 4.13. The molecule has 0 radical (unpaired) electrons. The quantitative estimate of drug-likeness (QED) is 0.841. The summed E-state index contributed by atoms with van der Waals surface area (Å²) in [6.45, 7) is 4.03. The van der Waals surface area contributed by atoms with E-state index in [9.17, 15) is 0 Å². The van der Waals surface area contributed by atoms with Crippen LogP contribution in [0.2, 0.25) is 0 Å². The van der Waals surface area contributed by atoms with Crippen LogP contribution < -0.4 is 5.73 Å². The summed E-state index contributed by atoms with van der Waals surface area (Å²) in [6, 6.07) is 8.41. The molecular formula is C12H14N2S. The first-order valence-electron chi connectivity index (χ1n) is 4.95. The molecule has 0 amide bonds. The third-order valence-electron chi connectivity index (χ3n) is 2.29. The van der Waals surface area contributed by atoms with Gasteiger partial charge in [-0.1, -0.05) is 29.8 Å². The third-order valence-corrected chi connectivity index (χ3v) is 3.20. The first-order chi connectivity index (χ1) is 7.16. The monoisotopic (exact) mass is 218 g/mol. The molecule has 1 atom stereocenters. The summed E-state index contributed by atoms with van der Waals surface area (Å²) in [4.78, 5) is 4.50. The summed E-state index contributed by atoms with van der Waals surface area (Å²) >= 11 is 1.65. The van der Waals surface area contributed by atoms with E-state index in [4.69, 9.17) is 5.73 Å². The van der Waals surface area contributed by atoms with Gasteiger partial charge in [0.2, 0.25) is 0 Å². The molecule has 1 heterocycles. The minimum atomic E-state index is 0.0143. The van der Waals surface area contributed by atoms with Gasteiger partial charge in [0.15, 0.2) is 0 Å². The summed E-state index contributed by atoms with van der Waals surface area (Å²) in [6.07, 6.45) is 0. The van der Waals surface area contributed by atoms with Crippen molar-refractivity contribution in [2.75, 3.05) is 0 Å². The molecule has 1 aromatic carbocycles. The van der Waals surface area contributed by atoms with Crippen molar-refractivity contribution in [3.63, 3.8) is 0 Å². The van der Waals surface area contributed by atoms with Crippen molar-refractivity contribution >= 4 is 11.3 Å². The van der Waals surface area contributed by atoms with E-state index in [0.29, 0.717) is 0 Å². The van der Waals surface area contributed by atoms with Gasteiger partial charge >= 0.3 is 0 Å². The average Bonchev–Trinajstić information content (AvgIpc) is 2.68. The smallest absolute Gasteiger partial charge is 0.123 e. The highest BCUT2D eigenvalue weighted by atomic mass is 32.1. The lowest BCUT2D eigenvalue weighted by Gasteiger charge is -1.99. The Bertz CT molecular complexity index is 443. The SMILES string of the molecule is Cc1ccc(-c2nc(C(C)N)cs2)cc1. The van der Waals surface area contributed by atoms with Gasteiger partial charge in [0.25, 0.3) is 0 Å². The van der Waals surface area contributed by atoms with E-state index in [-0.39, 0.29) is 6.04 Å². The highest BCUT2D eigenvalue weighted by molar-refractivity contribution is 7.13. The summed E-state index contributed by atoms with van der Waals surface area (Å²) in [5.41, 5.74) is 9.17. The van der Waals surface area contributed by atoms with Gasteiger partial charge in [-0.3, -0.25) is 0 Å². The van der Waals surface area contributed by atoms with Crippen molar-refractivity contribution in [3.05, 3.63) is 40.9 Å². The van der Waals surface area contributed by atoms with Gasteiger partial charge in [-0.15, -0.1) is 11.3 Å². The van der Waals surface area contributed by atoms with E-state index in [2.05, 4.69) is 36.2 Å². The molecule has 1 aromatic heterocycles. The average molecular weight is 218 g/mol. The fraction of sp³-hybridized carbons (Fsp3) is 0.250. The van der Waals surface area contributed by atoms with E-state index in [1.807, 2.05) is 12.3 Å². The molecule has 1 unspecified atom stereocenters. The molecule has 0 bridgehead atoms. The van der Waals surface area contributed by atoms with E-state index in [1.54, 1.807) is 11.3 Å². The second-order valence-electron chi connectivity index (χ2n) is 3.73. The molecule has 2 rings (SSSR count). The Morgan fingerprint density at radius 1 is 1.27 bits per heavy atom. The molecule has 2 aromatic rings. The molecule has 2 N–H and O–H groups in total. The first kappa shape index (κ1) is 10.3.